The van der Waals surface area contributed by atoms with Crippen molar-refractivity contribution < 1.29 is 9.53 Å². The number of pyridine rings is 1. The van der Waals surface area contributed by atoms with Crippen molar-refractivity contribution in [1.82, 2.24) is 14.2 Å². The van der Waals surface area contributed by atoms with Crippen molar-refractivity contribution in [3.63, 3.8) is 0 Å². The summed E-state index contributed by atoms with van der Waals surface area (Å²) in [4.78, 5) is 16.7. The van der Waals surface area contributed by atoms with Crippen molar-refractivity contribution in [2.45, 2.75) is 25.5 Å². The summed E-state index contributed by atoms with van der Waals surface area (Å²) >= 11 is 0. The minimum Gasteiger partial charge on any atom is -0.368 e. The number of fused-ring (bicyclic) bond motifs is 1. The zero-order chi connectivity index (χ0) is 17.2. The summed E-state index contributed by atoms with van der Waals surface area (Å²) in [5, 5.41) is 9.52. The number of carbonyl (C=O) groups excluding carboxylic acids is 1. The normalized spacial score (nSPS) is 21.6. The summed E-state index contributed by atoms with van der Waals surface area (Å²) in [5.41, 5.74) is 2.75. The lowest BCUT2D eigenvalue weighted by Gasteiger charge is -2.35. The predicted molar refractivity (Wildman–Crippen MR) is 92.9 cm³/mol. The Morgan fingerprint density at radius 3 is 2.84 bits per heavy atom. The molecule has 0 N–H and O–H groups in total. The molecule has 0 saturated carbocycles. The van der Waals surface area contributed by atoms with Gasteiger partial charge in [-0.25, -0.2) is 0 Å². The van der Waals surface area contributed by atoms with Crippen LogP contribution in [-0.4, -0.2) is 59.0 Å². The van der Waals surface area contributed by atoms with Gasteiger partial charge in [0.15, 0.2) is 0 Å². The molecule has 1 amide bonds. The van der Waals surface area contributed by atoms with Crippen LogP contribution in [0.3, 0.4) is 0 Å². The zero-order valence-electron chi connectivity index (χ0n) is 14.2. The molecular formula is C19H22N4O2. The van der Waals surface area contributed by atoms with Crippen molar-refractivity contribution in [2.24, 2.45) is 0 Å². The van der Waals surface area contributed by atoms with E-state index in [2.05, 4.69) is 11.0 Å². The van der Waals surface area contributed by atoms with Crippen LogP contribution in [0.5, 0.6) is 0 Å². The van der Waals surface area contributed by atoms with Crippen molar-refractivity contribution in [2.75, 3.05) is 32.8 Å². The first-order valence-electron chi connectivity index (χ1n) is 8.87. The SMILES string of the molecule is N#Cc1c(CN2CCN(C(=O)[C@@H]3CCCO3)CC2)cn2ccccc12. The van der Waals surface area contributed by atoms with Crippen molar-refractivity contribution in [1.29, 1.82) is 5.26 Å². The Morgan fingerprint density at radius 2 is 2.12 bits per heavy atom. The molecule has 6 heteroatoms. The van der Waals surface area contributed by atoms with Gasteiger partial charge in [-0.2, -0.15) is 5.26 Å². The molecule has 6 nitrogen and oxygen atoms in total. The molecule has 25 heavy (non-hydrogen) atoms. The summed E-state index contributed by atoms with van der Waals surface area (Å²) in [6.07, 6.45) is 5.61. The van der Waals surface area contributed by atoms with Gasteiger partial charge in [-0.05, 0) is 25.0 Å². The lowest BCUT2D eigenvalue weighted by Crippen LogP contribution is -2.51. The van der Waals surface area contributed by atoms with Gasteiger partial charge in [0.2, 0.25) is 0 Å². The molecule has 4 rings (SSSR count). The van der Waals surface area contributed by atoms with E-state index in [1.54, 1.807) is 0 Å². The van der Waals surface area contributed by atoms with Crippen LogP contribution in [0.4, 0.5) is 0 Å². The number of carbonyl (C=O) groups is 1. The highest BCUT2D eigenvalue weighted by molar-refractivity contribution is 5.81. The minimum atomic E-state index is -0.228. The van der Waals surface area contributed by atoms with Gasteiger partial charge < -0.3 is 14.0 Å². The summed E-state index contributed by atoms with van der Waals surface area (Å²) in [7, 11) is 0. The number of nitrogens with zero attached hydrogens (tertiary/aromatic N) is 4. The number of hydrogen-bond donors (Lipinski definition) is 0. The van der Waals surface area contributed by atoms with E-state index < -0.39 is 0 Å². The summed E-state index contributed by atoms with van der Waals surface area (Å²) in [6.45, 7) is 4.56. The number of amides is 1. The second-order valence-corrected chi connectivity index (χ2v) is 6.74. The summed E-state index contributed by atoms with van der Waals surface area (Å²) in [5.74, 6) is 0.143. The number of nitriles is 1. The van der Waals surface area contributed by atoms with Crippen LogP contribution in [0.2, 0.25) is 0 Å². The standard InChI is InChI=1S/C19H22N4O2/c20-12-16-15(14-23-6-2-1-4-17(16)23)13-21-7-9-22(10-8-21)19(24)18-5-3-11-25-18/h1-2,4,6,14,18H,3,5,7-11,13H2/t18-/m0/s1. The first-order chi connectivity index (χ1) is 12.3. The molecule has 2 fully saturated rings. The minimum absolute atomic E-state index is 0.143. The smallest absolute Gasteiger partial charge is 0.251 e. The average Bonchev–Trinajstić information content (AvgIpc) is 3.29. The number of rotatable bonds is 3. The number of piperazine rings is 1. The van der Waals surface area contributed by atoms with Gasteiger partial charge in [0.1, 0.15) is 12.2 Å². The fourth-order valence-corrected chi connectivity index (χ4v) is 3.77. The number of aromatic nitrogens is 1. The monoisotopic (exact) mass is 338 g/mol. The molecule has 1 atom stereocenters. The Labute approximate surface area is 147 Å². The molecule has 0 radical (unpaired) electrons. The van der Waals surface area contributed by atoms with E-state index in [0.717, 1.165) is 62.2 Å². The third-order valence-electron chi connectivity index (χ3n) is 5.16. The predicted octanol–water partition coefficient (Wildman–Crippen LogP) is 1.63. The van der Waals surface area contributed by atoms with Crippen molar-refractivity contribution >= 4 is 11.4 Å². The fraction of sp³-hybridized carbons (Fsp3) is 0.474. The molecule has 0 aromatic carbocycles. The van der Waals surface area contributed by atoms with Crippen LogP contribution in [-0.2, 0) is 16.1 Å². The lowest BCUT2D eigenvalue weighted by atomic mass is 10.1. The maximum absolute atomic E-state index is 12.4. The quantitative estimate of drug-likeness (QED) is 0.853. The third-order valence-corrected chi connectivity index (χ3v) is 5.16. The Kier molecular flexibility index (Phi) is 4.43. The van der Waals surface area contributed by atoms with E-state index in [1.807, 2.05) is 39.9 Å². The van der Waals surface area contributed by atoms with Gasteiger partial charge in [0.25, 0.3) is 5.91 Å². The van der Waals surface area contributed by atoms with Crippen LogP contribution in [0.1, 0.15) is 24.0 Å². The van der Waals surface area contributed by atoms with Crippen molar-refractivity contribution in [3.8, 4) is 6.07 Å². The summed E-state index contributed by atoms with van der Waals surface area (Å²) in [6, 6.07) is 8.24. The van der Waals surface area contributed by atoms with Gasteiger partial charge in [-0.1, -0.05) is 6.07 Å². The van der Waals surface area contributed by atoms with Gasteiger partial charge in [-0.3, -0.25) is 9.69 Å². The Hall–Kier alpha value is -2.36. The second kappa shape index (κ2) is 6.87. The van der Waals surface area contributed by atoms with Crippen LogP contribution in [0.25, 0.3) is 5.52 Å². The van der Waals surface area contributed by atoms with E-state index in [-0.39, 0.29) is 12.0 Å². The van der Waals surface area contributed by atoms with Gasteiger partial charge in [0, 0.05) is 57.3 Å². The van der Waals surface area contributed by atoms with Crippen LogP contribution in [0, 0.1) is 11.3 Å². The lowest BCUT2D eigenvalue weighted by molar-refractivity contribution is -0.142. The van der Waals surface area contributed by atoms with E-state index in [0.29, 0.717) is 6.61 Å². The highest BCUT2D eigenvalue weighted by Gasteiger charge is 2.30. The largest absolute Gasteiger partial charge is 0.368 e. The molecule has 2 aromatic rings. The Morgan fingerprint density at radius 1 is 1.28 bits per heavy atom. The first kappa shape index (κ1) is 16.1. The number of ether oxygens (including phenoxy) is 1. The Bertz CT molecular complexity index is 808. The van der Waals surface area contributed by atoms with E-state index in [4.69, 9.17) is 4.74 Å². The molecule has 0 spiro atoms. The summed E-state index contributed by atoms with van der Waals surface area (Å²) < 4.78 is 7.52. The molecule has 2 saturated heterocycles. The molecule has 2 aliphatic rings. The van der Waals surface area contributed by atoms with Crippen LogP contribution in [0.15, 0.2) is 30.6 Å². The van der Waals surface area contributed by atoms with Crippen molar-refractivity contribution in [3.05, 3.63) is 41.7 Å². The third kappa shape index (κ3) is 3.13. The molecule has 0 bridgehead atoms. The van der Waals surface area contributed by atoms with E-state index >= 15 is 0 Å². The van der Waals surface area contributed by atoms with Gasteiger partial charge in [0.05, 0.1) is 11.1 Å². The second-order valence-electron chi connectivity index (χ2n) is 6.74. The molecule has 130 valence electrons. The first-order valence-corrected chi connectivity index (χ1v) is 8.87. The van der Waals surface area contributed by atoms with Crippen LogP contribution >= 0.6 is 0 Å². The fourth-order valence-electron chi connectivity index (χ4n) is 3.77. The van der Waals surface area contributed by atoms with Gasteiger partial charge in [-0.15, -0.1) is 0 Å². The molecule has 0 unspecified atom stereocenters. The van der Waals surface area contributed by atoms with E-state index in [1.165, 1.54) is 0 Å². The molecule has 0 aliphatic carbocycles. The highest BCUT2D eigenvalue weighted by Crippen LogP contribution is 2.21. The van der Waals surface area contributed by atoms with Gasteiger partial charge >= 0.3 is 0 Å². The highest BCUT2D eigenvalue weighted by atomic mass is 16.5. The molecular weight excluding hydrogens is 316 g/mol. The maximum atomic E-state index is 12.4. The number of hydrogen-bond acceptors (Lipinski definition) is 4. The molecule has 2 aliphatic heterocycles. The molecule has 4 heterocycles. The Balaban J connectivity index is 1.40. The topological polar surface area (TPSA) is 61.0 Å². The maximum Gasteiger partial charge on any atom is 0.251 e. The zero-order valence-corrected chi connectivity index (χ0v) is 14.2. The van der Waals surface area contributed by atoms with E-state index in [9.17, 15) is 10.1 Å². The molecule has 2 aromatic heterocycles. The van der Waals surface area contributed by atoms with Crippen LogP contribution < -0.4 is 0 Å². The average molecular weight is 338 g/mol.